The molecule has 9 nitrogen and oxygen atoms in total. The number of pyridine rings is 2. The highest BCUT2D eigenvalue weighted by molar-refractivity contribution is 6.08. The van der Waals surface area contributed by atoms with Crippen LogP contribution < -0.4 is 10.7 Å². The molecule has 9 heteroatoms. The first-order chi connectivity index (χ1) is 20.9. The van der Waals surface area contributed by atoms with Crippen LogP contribution in [-0.2, 0) is 13.1 Å². The van der Waals surface area contributed by atoms with Crippen LogP contribution in [0.2, 0.25) is 0 Å². The van der Waals surface area contributed by atoms with Crippen molar-refractivity contribution in [1.29, 1.82) is 0 Å². The average molecular weight is 573 g/mol. The van der Waals surface area contributed by atoms with Crippen molar-refractivity contribution >= 4 is 22.6 Å². The van der Waals surface area contributed by atoms with E-state index in [0.717, 1.165) is 16.9 Å². The Labute approximate surface area is 247 Å². The third kappa shape index (κ3) is 6.22. The minimum Gasteiger partial charge on any atom is -0.508 e. The van der Waals surface area contributed by atoms with Crippen molar-refractivity contribution in [2.75, 3.05) is 18.4 Å². The van der Waals surface area contributed by atoms with Gasteiger partial charge in [-0.05, 0) is 71.8 Å². The predicted molar refractivity (Wildman–Crippen MR) is 164 cm³/mol. The molecule has 0 unspecified atom stereocenters. The lowest BCUT2D eigenvalue weighted by Crippen LogP contribution is -2.29. The summed E-state index contributed by atoms with van der Waals surface area (Å²) in [7, 11) is 0. The number of carbonyl (C=O) groups is 1. The maximum Gasteiger partial charge on any atom is 0.336 e. The first-order valence-corrected chi connectivity index (χ1v) is 13.8. The fourth-order valence-corrected chi connectivity index (χ4v) is 5.24. The Morgan fingerprint density at radius 3 is 2.60 bits per heavy atom. The predicted octanol–water partition coefficient (Wildman–Crippen LogP) is 5.87. The van der Waals surface area contributed by atoms with Gasteiger partial charge in [-0.3, -0.25) is 19.7 Å². The van der Waals surface area contributed by atoms with Crippen LogP contribution in [0.5, 0.6) is 5.75 Å². The number of carboxylic acid groups (broad SMARTS) is 1. The molecular weight excluding hydrogens is 544 g/mol. The summed E-state index contributed by atoms with van der Waals surface area (Å²) in [5, 5.41) is 24.3. The van der Waals surface area contributed by atoms with E-state index in [4.69, 9.17) is 4.42 Å². The highest BCUT2D eigenvalue weighted by Gasteiger charge is 2.22. The fraction of sp³-hybridized carbons (Fsp3) is 0.118. The molecule has 3 heterocycles. The van der Waals surface area contributed by atoms with Crippen LogP contribution in [0.1, 0.15) is 21.6 Å². The molecule has 2 aromatic carbocycles. The summed E-state index contributed by atoms with van der Waals surface area (Å²) in [5.74, 6) is -0.785. The van der Waals surface area contributed by atoms with Crippen LogP contribution in [0, 0.1) is 0 Å². The van der Waals surface area contributed by atoms with E-state index in [0.29, 0.717) is 59.6 Å². The normalized spacial score (nSPS) is 11.3. The standard InChI is InChI=1S/C34H28N4O5/c39-25-7-10-28-31(17-25)43-32-18-26(40)8-11-29(32)33(28)30-16-23(6-9-27(30)34(41)42)37-14-15-38(20-22-4-3-12-35-19-22)21-24-5-1-2-13-36-24/h1-13,16-19,37,39H,14-15,20-21H2,(H,41,42). The topological polar surface area (TPSA) is 129 Å². The maximum atomic E-state index is 12.4. The van der Waals surface area contributed by atoms with E-state index >= 15 is 0 Å². The van der Waals surface area contributed by atoms with Gasteiger partial charge in [0.25, 0.3) is 0 Å². The number of anilines is 1. The van der Waals surface area contributed by atoms with Crippen LogP contribution >= 0.6 is 0 Å². The van der Waals surface area contributed by atoms with Crippen LogP contribution in [0.15, 0.2) is 113 Å². The summed E-state index contributed by atoms with van der Waals surface area (Å²) in [6.45, 7) is 2.61. The van der Waals surface area contributed by atoms with Crippen LogP contribution in [0.3, 0.4) is 0 Å². The number of hydrogen-bond donors (Lipinski definition) is 3. The summed E-state index contributed by atoms with van der Waals surface area (Å²) in [6, 6.07) is 24.0. The van der Waals surface area contributed by atoms with E-state index in [1.165, 1.54) is 24.3 Å². The molecule has 0 saturated heterocycles. The second-order valence-electron chi connectivity index (χ2n) is 10.2. The molecule has 0 amide bonds. The Balaban J connectivity index is 1.33. The van der Waals surface area contributed by atoms with Crippen molar-refractivity contribution in [2.45, 2.75) is 13.1 Å². The highest BCUT2D eigenvalue weighted by atomic mass is 16.4. The average Bonchev–Trinajstić information content (AvgIpc) is 3.00. The van der Waals surface area contributed by atoms with Gasteiger partial charge in [-0.15, -0.1) is 0 Å². The molecule has 4 aromatic rings. The smallest absolute Gasteiger partial charge is 0.336 e. The quantitative estimate of drug-likeness (QED) is 0.173. The summed E-state index contributed by atoms with van der Waals surface area (Å²) in [6.07, 6.45) is 5.39. The summed E-state index contributed by atoms with van der Waals surface area (Å²) in [5.41, 5.74) is 4.65. The van der Waals surface area contributed by atoms with Crippen molar-refractivity contribution < 1.29 is 19.4 Å². The molecule has 0 spiro atoms. The molecule has 6 rings (SSSR count). The third-order valence-corrected chi connectivity index (χ3v) is 7.19. The minimum atomic E-state index is -1.08. The first-order valence-electron chi connectivity index (χ1n) is 13.8. The number of hydrogen-bond acceptors (Lipinski definition) is 8. The van der Waals surface area contributed by atoms with Crippen LogP contribution in [0.25, 0.3) is 33.4 Å². The number of fused-ring (bicyclic) bond motifs is 2. The van der Waals surface area contributed by atoms with Crippen LogP contribution in [0.4, 0.5) is 5.69 Å². The van der Waals surface area contributed by atoms with E-state index in [2.05, 4.69) is 20.2 Å². The number of aromatic nitrogens is 2. The van der Waals surface area contributed by atoms with Gasteiger partial charge in [0.1, 0.15) is 17.1 Å². The fourth-order valence-electron chi connectivity index (χ4n) is 5.24. The Hall–Kier alpha value is -5.54. The zero-order valence-corrected chi connectivity index (χ0v) is 23.1. The van der Waals surface area contributed by atoms with Crippen molar-refractivity contribution in [2.24, 2.45) is 0 Å². The Bertz CT molecular complexity index is 1880. The number of nitrogens with one attached hydrogen (secondary N) is 1. The second kappa shape index (κ2) is 12.1. The van der Waals surface area contributed by atoms with Gasteiger partial charge in [-0.1, -0.05) is 12.1 Å². The zero-order chi connectivity index (χ0) is 29.8. The first kappa shape index (κ1) is 27.6. The molecule has 214 valence electrons. The Morgan fingerprint density at radius 1 is 0.907 bits per heavy atom. The molecule has 3 N–H and O–H groups in total. The number of rotatable bonds is 10. The summed E-state index contributed by atoms with van der Waals surface area (Å²) >= 11 is 0. The Kier molecular flexibility index (Phi) is 7.80. The summed E-state index contributed by atoms with van der Waals surface area (Å²) in [4.78, 5) is 35.5. The highest BCUT2D eigenvalue weighted by Crippen LogP contribution is 2.42. The molecule has 0 fully saturated rings. The van der Waals surface area contributed by atoms with E-state index in [1.54, 1.807) is 42.7 Å². The van der Waals surface area contributed by atoms with E-state index < -0.39 is 5.97 Å². The molecule has 2 aromatic heterocycles. The van der Waals surface area contributed by atoms with Gasteiger partial charge in [0.05, 0.1) is 11.3 Å². The molecule has 0 bridgehead atoms. The SMILES string of the molecule is O=C(O)c1ccc(NCCN(Cc2cccnc2)Cc2ccccn2)cc1-c1c2ccc(=O)cc-2oc2cc(O)ccc12. The number of benzene rings is 3. The molecule has 2 aliphatic rings. The summed E-state index contributed by atoms with van der Waals surface area (Å²) < 4.78 is 5.95. The van der Waals surface area contributed by atoms with Gasteiger partial charge in [0, 0.05) is 79.1 Å². The van der Waals surface area contributed by atoms with Crippen molar-refractivity contribution in [1.82, 2.24) is 14.9 Å². The number of phenolic OH excluding ortho intramolecular Hbond substituents is 1. The maximum absolute atomic E-state index is 12.4. The van der Waals surface area contributed by atoms with Gasteiger partial charge in [0.15, 0.2) is 5.43 Å². The van der Waals surface area contributed by atoms with Crippen LogP contribution in [-0.4, -0.2) is 44.1 Å². The minimum absolute atomic E-state index is 0.00440. The number of aromatic carboxylic acids is 1. The second-order valence-corrected chi connectivity index (χ2v) is 10.2. The van der Waals surface area contributed by atoms with Gasteiger partial charge < -0.3 is 19.9 Å². The molecule has 0 atom stereocenters. The van der Waals surface area contributed by atoms with Gasteiger partial charge in [-0.25, -0.2) is 4.79 Å². The van der Waals surface area contributed by atoms with Crippen molar-refractivity contribution in [3.8, 4) is 28.2 Å². The molecular formula is C34H28N4O5. The number of nitrogens with zero attached hydrogens (tertiary/aromatic N) is 3. The van der Waals surface area contributed by atoms with Crippen molar-refractivity contribution in [3.05, 3.63) is 131 Å². The third-order valence-electron chi connectivity index (χ3n) is 7.19. The number of carboxylic acids is 1. The van der Waals surface area contributed by atoms with Gasteiger partial charge in [-0.2, -0.15) is 0 Å². The molecule has 43 heavy (non-hydrogen) atoms. The number of phenols is 1. The lowest BCUT2D eigenvalue weighted by atomic mass is 9.90. The lowest BCUT2D eigenvalue weighted by Gasteiger charge is -2.23. The van der Waals surface area contributed by atoms with E-state index in [9.17, 15) is 19.8 Å². The van der Waals surface area contributed by atoms with Crippen molar-refractivity contribution in [3.63, 3.8) is 0 Å². The lowest BCUT2D eigenvalue weighted by molar-refractivity contribution is 0.0697. The molecule has 0 radical (unpaired) electrons. The molecule has 1 aliphatic heterocycles. The number of aromatic hydroxyl groups is 1. The molecule has 0 saturated carbocycles. The van der Waals surface area contributed by atoms with Gasteiger partial charge >= 0.3 is 5.97 Å². The van der Waals surface area contributed by atoms with E-state index in [1.807, 2.05) is 36.5 Å². The monoisotopic (exact) mass is 572 g/mol. The molecule has 1 aliphatic carbocycles. The largest absolute Gasteiger partial charge is 0.508 e. The van der Waals surface area contributed by atoms with Gasteiger partial charge in [0.2, 0.25) is 0 Å². The van der Waals surface area contributed by atoms with E-state index in [-0.39, 0.29) is 16.7 Å². The zero-order valence-electron chi connectivity index (χ0n) is 23.1. The Morgan fingerprint density at radius 2 is 1.81 bits per heavy atom.